The minimum atomic E-state index is -0.604. The van der Waals surface area contributed by atoms with Gasteiger partial charge in [-0.05, 0) is 42.0 Å². The van der Waals surface area contributed by atoms with Gasteiger partial charge in [-0.15, -0.1) is 0 Å². The fraction of sp³-hybridized carbons (Fsp3) is 0.0435. The molecule has 178 valence electrons. The second-order valence-electron chi connectivity index (χ2n) is 7.23. The number of halogens is 4. The third-order valence-electron chi connectivity index (χ3n) is 4.72. The van der Waals surface area contributed by atoms with Crippen molar-refractivity contribution in [1.82, 2.24) is 19.7 Å². The Balaban J connectivity index is 1.76. The van der Waals surface area contributed by atoms with Crippen molar-refractivity contribution in [2.75, 3.05) is 16.0 Å². The van der Waals surface area contributed by atoms with E-state index in [1.165, 1.54) is 47.3 Å². The van der Waals surface area contributed by atoms with Crippen LogP contribution < -0.4 is 16.0 Å². The van der Waals surface area contributed by atoms with E-state index in [4.69, 9.17) is 23.2 Å². The summed E-state index contributed by atoms with van der Waals surface area (Å²) in [5.41, 5.74) is 1.71. The normalized spacial score (nSPS) is 10.7. The zero-order valence-corrected chi connectivity index (χ0v) is 19.6. The Morgan fingerprint density at radius 3 is 2.54 bits per heavy atom. The van der Waals surface area contributed by atoms with Gasteiger partial charge in [0.25, 0.3) is 0 Å². The number of carbonyl (C=O) groups is 1. The van der Waals surface area contributed by atoms with Crippen molar-refractivity contribution in [1.29, 1.82) is 0 Å². The predicted molar refractivity (Wildman–Crippen MR) is 132 cm³/mol. The highest BCUT2D eigenvalue weighted by Gasteiger charge is 2.16. The van der Waals surface area contributed by atoms with Gasteiger partial charge < -0.3 is 16.0 Å². The molecule has 0 aliphatic carbocycles. The molecular weight excluding hydrogens is 499 g/mol. The minimum Gasteiger partial charge on any atom is -0.337 e. The summed E-state index contributed by atoms with van der Waals surface area (Å²) in [7, 11) is 1.70. The maximum absolute atomic E-state index is 14.7. The van der Waals surface area contributed by atoms with Gasteiger partial charge in [0.2, 0.25) is 11.9 Å². The molecule has 2 aromatic carbocycles. The van der Waals surface area contributed by atoms with E-state index in [1.807, 2.05) is 0 Å². The molecule has 0 saturated heterocycles. The van der Waals surface area contributed by atoms with Gasteiger partial charge in [-0.25, -0.2) is 13.8 Å². The number of hydrogen-bond donors (Lipinski definition) is 3. The molecule has 0 spiro atoms. The molecule has 8 nitrogen and oxygen atoms in total. The Morgan fingerprint density at radius 2 is 1.86 bits per heavy atom. The van der Waals surface area contributed by atoms with Gasteiger partial charge in [0.15, 0.2) is 5.15 Å². The summed E-state index contributed by atoms with van der Waals surface area (Å²) in [5.74, 6) is -1.33. The molecule has 1 amide bonds. The second kappa shape index (κ2) is 10.1. The van der Waals surface area contributed by atoms with Gasteiger partial charge in [-0.3, -0.25) is 9.48 Å². The topological polar surface area (TPSA) is 96.8 Å². The third-order valence-corrected chi connectivity index (χ3v) is 5.29. The SMILES string of the molecule is C=CC(=O)Nc1ccc(F)c(Nc2nc(Nc3cn(C)nc3Cl)ncc2-c2ccc(F)c(Cl)c2)c1. The van der Waals surface area contributed by atoms with Gasteiger partial charge in [-0.1, -0.05) is 35.8 Å². The van der Waals surface area contributed by atoms with Gasteiger partial charge in [0.1, 0.15) is 17.5 Å². The van der Waals surface area contributed by atoms with Gasteiger partial charge in [0.05, 0.1) is 16.4 Å². The fourth-order valence-corrected chi connectivity index (χ4v) is 3.49. The average molecular weight is 516 g/mol. The number of aromatic nitrogens is 4. The first-order valence-corrected chi connectivity index (χ1v) is 10.8. The third kappa shape index (κ3) is 5.56. The number of aryl methyl sites for hydroxylation is 1. The highest BCUT2D eigenvalue weighted by atomic mass is 35.5. The van der Waals surface area contributed by atoms with Crippen LogP contribution in [0.25, 0.3) is 11.1 Å². The van der Waals surface area contributed by atoms with Crippen LogP contribution in [0.1, 0.15) is 0 Å². The predicted octanol–water partition coefficient (Wildman–Crippen LogP) is 6.07. The molecule has 3 N–H and O–H groups in total. The average Bonchev–Trinajstić information content (AvgIpc) is 3.14. The monoisotopic (exact) mass is 515 g/mol. The largest absolute Gasteiger partial charge is 0.337 e. The Morgan fingerprint density at radius 1 is 1.09 bits per heavy atom. The van der Waals surface area contributed by atoms with Gasteiger partial charge >= 0.3 is 0 Å². The van der Waals surface area contributed by atoms with E-state index in [-0.39, 0.29) is 27.6 Å². The van der Waals surface area contributed by atoms with Crippen LogP contribution in [-0.2, 0) is 11.8 Å². The molecule has 35 heavy (non-hydrogen) atoms. The molecule has 12 heteroatoms. The van der Waals surface area contributed by atoms with E-state index in [9.17, 15) is 13.6 Å². The highest BCUT2D eigenvalue weighted by Crippen LogP contribution is 2.33. The second-order valence-corrected chi connectivity index (χ2v) is 8.00. The molecule has 0 radical (unpaired) electrons. The van der Waals surface area contributed by atoms with Crippen molar-refractivity contribution in [2.45, 2.75) is 0 Å². The van der Waals surface area contributed by atoms with Crippen LogP contribution >= 0.6 is 23.2 Å². The summed E-state index contributed by atoms with van der Waals surface area (Å²) in [6.07, 6.45) is 4.20. The fourth-order valence-electron chi connectivity index (χ4n) is 3.10. The van der Waals surface area contributed by atoms with Crippen LogP contribution in [0.5, 0.6) is 0 Å². The van der Waals surface area contributed by atoms with Crippen LogP contribution in [0.3, 0.4) is 0 Å². The Hall–Kier alpha value is -4.02. The molecule has 0 bridgehead atoms. The zero-order valence-electron chi connectivity index (χ0n) is 18.1. The highest BCUT2D eigenvalue weighted by molar-refractivity contribution is 6.32. The maximum Gasteiger partial charge on any atom is 0.247 e. The smallest absolute Gasteiger partial charge is 0.247 e. The number of nitrogens with zero attached hydrogens (tertiary/aromatic N) is 4. The molecule has 0 atom stereocenters. The van der Waals surface area contributed by atoms with Gasteiger partial charge in [0, 0.05) is 30.7 Å². The molecule has 0 unspecified atom stereocenters. The van der Waals surface area contributed by atoms with Crippen LogP contribution in [-0.4, -0.2) is 25.7 Å². The summed E-state index contributed by atoms with van der Waals surface area (Å²) in [5, 5.41) is 12.6. The van der Waals surface area contributed by atoms with Crippen molar-refractivity contribution in [3.63, 3.8) is 0 Å². The quantitative estimate of drug-likeness (QED) is 0.258. The number of carbonyl (C=O) groups excluding carboxylic acids is 1. The first-order chi connectivity index (χ1) is 16.7. The molecule has 4 rings (SSSR count). The van der Waals surface area contributed by atoms with Crippen molar-refractivity contribution in [3.05, 3.63) is 83.3 Å². The summed E-state index contributed by atoms with van der Waals surface area (Å²) in [6.45, 7) is 3.40. The lowest BCUT2D eigenvalue weighted by molar-refractivity contribution is -0.111. The summed E-state index contributed by atoms with van der Waals surface area (Å²) >= 11 is 12.1. The first kappa shape index (κ1) is 24.1. The van der Waals surface area contributed by atoms with E-state index >= 15 is 0 Å². The molecule has 2 aromatic heterocycles. The van der Waals surface area contributed by atoms with E-state index < -0.39 is 17.5 Å². The lowest BCUT2D eigenvalue weighted by Crippen LogP contribution is -2.08. The van der Waals surface area contributed by atoms with Crippen molar-refractivity contribution < 1.29 is 13.6 Å². The number of rotatable bonds is 7. The molecule has 0 aliphatic rings. The Labute approximate surface area is 208 Å². The van der Waals surface area contributed by atoms with Crippen LogP contribution in [0.4, 0.5) is 37.6 Å². The number of anilines is 5. The number of amides is 1. The van der Waals surface area contributed by atoms with E-state index in [0.717, 1.165) is 6.08 Å². The lowest BCUT2D eigenvalue weighted by atomic mass is 10.1. The van der Waals surface area contributed by atoms with Crippen molar-refractivity contribution >= 4 is 57.9 Å². The minimum absolute atomic E-state index is 0.0189. The molecule has 0 saturated carbocycles. The molecule has 0 aliphatic heterocycles. The van der Waals surface area contributed by atoms with Gasteiger partial charge in [-0.2, -0.15) is 10.1 Å². The molecule has 4 aromatic rings. The zero-order chi connectivity index (χ0) is 25.1. The molecule has 0 fully saturated rings. The number of hydrogen-bond acceptors (Lipinski definition) is 6. The van der Waals surface area contributed by atoms with Crippen molar-refractivity contribution in [2.24, 2.45) is 7.05 Å². The molecular formula is C23H17Cl2F2N7O. The van der Waals surface area contributed by atoms with Crippen LogP contribution in [0.15, 0.2) is 61.4 Å². The van der Waals surface area contributed by atoms with E-state index in [0.29, 0.717) is 22.5 Å². The Kier molecular flexibility index (Phi) is 6.94. The first-order valence-electron chi connectivity index (χ1n) is 10.0. The number of benzene rings is 2. The van der Waals surface area contributed by atoms with Crippen LogP contribution in [0, 0.1) is 11.6 Å². The maximum atomic E-state index is 14.7. The summed E-state index contributed by atoms with van der Waals surface area (Å²) in [6, 6.07) is 8.09. The lowest BCUT2D eigenvalue weighted by Gasteiger charge is -2.15. The van der Waals surface area contributed by atoms with Crippen LogP contribution in [0.2, 0.25) is 10.2 Å². The van der Waals surface area contributed by atoms with Crippen molar-refractivity contribution in [3.8, 4) is 11.1 Å². The van der Waals surface area contributed by atoms with E-state index in [2.05, 4.69) is 37.6 Å². The standard InChI is InChI=1S/C23H17Cl2F2N7O/c1-3-20(35)29-13-5-7-17(27)18(9-13)30-22-14(12-4-6-16(26)15(24)8-12)10-28-23(32-22)31-19-11-34(2)33-21(19)25/h3-11H,1H2,2H3,(H,29,35)(H2,28,30,31,32). The summed E-state index contributed by atoms with van der Waals surface area (Å²) in [4.78, 5) is 20.4. The molecule has 2 heterocycles. The van der Waals surface area contributed by atoms with E-state index in [1.54, 1.807) is 13.2 Å². The summed E-state index contributed by atoms with van der Waals surface area (Å²) < 4.78 is 29.9. The number of nitrogens with one attached hydrogen (secondary N) is 3. The Bertz CT molecular complexity index is 1440.